The maximum Gasteiger partial charge on any atom is 0.339 e. The van der Waals surface area contributed by atoms with E-state index in [-0.39, 0.29) is 17.5 Å². The lowest BCUT2D eigenvalue weighted by Crippen LogP contribution is -2.19. The van der Waals surface area contributed by atoms with E-state index in [9.17, 15) is 4.79 Å². The number of hydrogen-bond acceptors (Lipinski definition) is 4. The quantitative estimate of drug-likeness (QED) is 0.617. The summed E-state index contributed by atoms with van der Waals surface area (Å²) in [6, 6.07) is 3.46. The molecule has 102 valence electrons. The minimum atomic E-state index is -0.354. The normalized spacial score (nSPS) is 17.7. The SMILES string of the molecule is C=CC(C)(C)C1OC(=O)c2cc(OC)c(OC)cc21. The molecular weight excluding hydrogens is 244 g/mol. The molecule has 0 aliphatic carbocycles. The van der Waals surface area contributed by atoms with Gasteiger partial charge in [0, 0.05) is 11.0 Å². The fraction of sp³-hybridized carbons (Fsp3) is 0.400. The first-order valence-electron chi connectivity index (χ1n) is 6.05. The topological polar surface area (TPSA) is 44.8 Å². The number of carbonyl (C=O) groups is 1. The number of benzene rings is 1. The van der Waals surface area contributed by atoms with Crippen molar-refractivity contribution < 1.29 is 19.0 Å². The Kier molecular flexibility index (Phi) is 3.27. The van der Waals surface area contributed by atoms with Crippen LogP contribution in [0.4, 0.5) is 0 Å². The zero-order chi connectivity index (χ0) is 14.2. The Bertz CT molecular complexity index is 531. The van der Waals surface area contributed by atoms with E-state index in [1.54, 1.807) is 25.3 Å². The standard InChI is InChI=1S/C15H18O4/c1-6-15(2,3)13-9-7-11(17-4)12(18-5)8-10(9)14(16)19-13/h6-8,13H,1H2,2-5H3. The Labute approximate surface area is 113 Å². The number of esters is 1. The van der Waals surface area contributed by atoms with Crippen LogP contribution in [0.25, 0.3) is 0 Å². The van der Waals surface area contributed by atoms with Gasteiger partial charge in [0.1, 0.15) is 6.10 Å². The van der Waals surface area contributed by atoms with Gasteiger partial charge in [-0.15, -0.1) is 6.58 Å². The third-order valence-corrected chi connectivity index (χ3v) is 3.48. The van der Waals surface area contributed by atoms with Gasteiger partial charge in [0.25, 0.3) is 0 Å². The summed E-state index contributed by atoms with van der Waals surface area (Å²) in [6.07, 6.45) is 1.43. The van der Waals surface area contributed by atoms with Crippen LogP contribution < -0.4 is 9.47 Å². The number of hydrogen-bond donors (Lipinski definition) is 0. The fourth-order valence-corrected chi connectivity index (χ4v) is 2.18. The van der Waals surface area contributed by atoms with Crippen molar-refractivity contribution in [2.24, 2.45) is 5.41 Å². The lowest BCUT2D eigenvalue weighted by molar-refractivity contribution is 0.0149. The Hall–Kier alpha value is -1.97. The van der Waals surface area contributed by atoms with Crippen LogP contribution in [0, 0.1) is 5.41 Å². The second kappa shape index (κ2) is 4.61. The van der Waals surface area contributed by atoms with Crippen molar-refractivity contribution >= 4 is 5.97 Å². The van der Waals surface area contributed by atoms with E-state index in [0.29, 0.717) is 17.1 Å². The van der Waals surface area contributed by atoms with Crippen LogP contribution >= 0.6 is 0 Å². The van der Waals surface area contributed by atoms with Crippen LogP contribution in [-0.4, -0.2) is 20.2 Å². The molecule has 19 heavy (non-hydrogen) atoms. The van der Waals surface area contributed by atoms with Crippen molar-refractivity contribution in [1.29, 1.82) is 0 Å². The highest BCUT2D eigenvalue weighted by molar-refractivity contribution is 5.95. The van der Waals surface area contributed by atoms with Crippen molar-refractivity contribution in [3.63, 3.8) is 0 Å². The first kappa shape index (κ1) is 13.5. The van der Waals surface area contributed by atoms with Crippen LogP contribution in [0.1, 0.15) is 35.9 Å². The second-order valence-corrected chi connectivity index (χ2v) is 5.11. The van der Waals surface area contributed by atoms with Gasteiger partial charge in [-0.2, -0.15) is 0 Å². The van der Waals surface area contributed by atoms with E-state index >= 15 is 0 Å². The zero-order valence-electron chi connectivity index (χ0n) is 11.6. The maximum absolute atomic E-state index is 12.0. The third-order valence-electron chi connectivity index (χ3n) is 3.48. The van der Waals surface area contributed by atoms with Gasteiger partial charge in [0.15, 0.2) is 11.5 Å². The largest absolute Gasteiger partial charge is 0.493 e. The fourth-order valence-electron chi connectivity index (χ4n) is 2.18. The lowest BCUT2D eigenvalue weighted by atomic mass is 9.82. The molecule has 0 spiro atoms. The van der Waals surface area contributed by atoms with E-state index in [0.717, 1.165) is 5.56 Å². The molecule has 1 heterocycles. The predicted octanol–water partition coefficient (Wildman–Crippen LogP) is 3.13. The van der Waals surface area contributed by atoms with Gasteiger partial charge < -0.3 is 14.2 Å². The molecule has 1 atom stereocenters. The molecule has 0 fully saturated rings. The summed E-state index contributed by atoms with van der Waals surface area (Å²) >= 11 is 0. The lowest BCUT2D eigenvalue weighted by Gasteiger charge is -2.27. The van der Waals surface area contributed by atoms with Crippen LogP contribution in [0.2, 0.25) is 0 Å². The van der Waals surface area contributed by atoms with E-state index in [1.165, 1.54) is 7.11 Å². The van der Waals surface area contributed by atoms with Crippen LogP contribution in [0.15, 0.2) is 24.8 Å². The van der Waals surface area contributed by atoms with Gasteiger partial charge in [0.2, 0.25) is 0 Å². The average Bonchev–Trinajstić information content (AvgIpc) is 2.74. The highest BCUT2D eigenvalue weighted by Gasteiger charge is 2.40. The van der Waals surface area contributed by atoms with Crippen LogP contribution in [0.3, 0.4) is 0 Å². The first-order valence-corrected chi connectivity index (χ1v) is 6.05. The van der Waals surface area contributed by atoms with Crippen molar-refractivity contribution in [3.8, 4) is 11.5 Å². The van der Waals surface area contributed by atoms with Crippen molar-refractivity contribution in [3.05, 3.63) is 35.9 Å². The molecule has 0 saturated heterocycles. The van der Waals surface area contributed by atoms with Crippen LogP contribution in [0.5, 0.6) is 11.5 Å². The molecule has 0 radical (unpaired) electrons. The van der Waals surface area contributed by atoms with E-state index in [2.05, 4.69) is 6.58 Å². The number of rotatable bonds is 4. The highest BCUT2D eigenvalue weighted by Crippen LogP contribution is 2.46. The van der Waals surface area contributed by atoms with Crippen molar-refractivity contribution in [2.45, 2.75) is 20.0 Å². The van der Waals surface area contributed by atoms with E-state index < -0.39 is 0 Å². The molecule has 0 N–H and O–H groups in total. The summed E-state index contributed by atoms with van der Waals surface area (Å²) in [5.41, 5.74) is 0.991. The third kappa shape index (κ3) is 2.07. The molecule has 0 saturated carbocycles. The molecule has 4 nitrogen and oxygen atoms in total. The molecule has 1 aliphatic rings. The monoisotopic (exact) mass is 262 g/mol. The molecule has 0 bridgehead atoms. The van der Waals surface area contributed by atoms with Gasteiger partial charge in [-0.05, 0) is 12.1 Å². The average molecular weight is 262 g/mol. The van der Waals surface area contributed by atoms with Gasteiger partial charge >= 0.3 is 5.97 Å². The minimum absolute atomic E-state index is 0.337. The molecule has 1 aromatic carbocycles. The summed E-state index contributed by atoms with van der Waals surface area (Å²) in [7, 11) is 3.10. The van der Waals surface area contributed by atoms with E-state index in [4.69, 9.17) is 14.2 Å². The number of cyclic esters (lactones) is 1. The van der Waals surface area contributed by atoms with Gasteiger partial charge in [-0.3, -0.25) is 0 Å². The highest BCUT2D eigenvalue weighted by atomic mass is 16.6. The minimum Gasteiger partial charge on any atom is -0.493 e. The molecule has 0 aromatic heterocycles. The number of fused-ring (bicyclic) bond motifs is 1. The van der Waals surface area contributed by atoms with E-state index in [1.807, 2.05) is 13.8 Å². The van der Waals surface area contributed by atoms with Gasteiger partial charge in [0.05, 0.1) is 19.8 Å². The molecule has 1 unspecified atom stereocenters. The Morgan fingerprint density at radius 3 is 2.37 bits per heavy atom. The summed E-state index contributed by atoms with van der Waals surface area (Å²) in [5, 5.41) is 0. The Morgan fingerprint density at radius 2 is 1.84 bits per heavy atom. The second-order valence-electron chi connectivity index (χ2n) is 5.11. The maximum atomic E-state index is 12.0. The summed E-state index contributed by atoms with van der Waals surface area (Å²) in [5.74, 6) is 0.774. The summed E-state index contributed by atoms with van der Waals surface area (Å²) < 4.78 is 15.9. The molecule has 0 amide bonds. The van der Waals surface area contributed by atoms with Crippen molar-refractivity contribution in [1.82, 2.24) is 0 Å². The molecular formula is C15H18O4. The molecule has 1 aromatic rings. The number of ether oxygens (including phenoxy) is 3. The number of carbonyl (C=O) groups excluding carboxylic acids is 1. The summed E-state index contributed by atoms with van der Waals surface area (Å²) in [6.45, 7) is 7.76. The number of methoxy groups -OCH3 is 2. The smallest absolute Gasteiger partial charge is 0.339 e. The van der Waals surface area contributed by atoms with Crippen molar-refractivity contribution in [2.75, 3.05) is 14.2 Å². The Balaban J connectivity index is 2.58. The van der Waals surface area contributed by atoms with Crippen LogP contribution in [-0.2, 0) is 4.74 Å². The Morgan fingerprint density at radius 1 is 1.26 bits per heavy atom. The summed E-state index contributed by atoms with van der Waals surface area (Å²) in [4.78, 5) is 12.0. The van der Waals surface area contributed by atoms with Gasteiger partial charge in [-0.25, -0.2) is 4.79 Å². The predicted molar refractivity (Wildman–Crippen MR) is 71.7 cm³/mol. The molecule has 4 heteroatoms. The first-order chi connectivity index (χ1) is 8.94. The van der Waals surface area contributed by atoms with Gasteiger partial charge in [-0.1, -0.05) is 19.9 Å². The molecule has 2 rings (SSSR count). The zero-order valence-corrected chi connectivity index (χ0v) is 11.6. The molecule has 1 aliphatic heterocycles.